The maximum atomic E-state index is 13.5. The molecule has 1 aliphatic heterocycles. The van der Waals surface area contributed by atoms with Gasteiger partial charge in [0.2, 0.25) is 11.4 Å². The highest BCUT2D eigenvalue weighted by atomic mass is 32.1. The van der Waals surface area contributed by atoms with Gasteiger partial charge in [0, 0.05) is 0 Å². The zero-order valence-corrected chi connectivity index (χ0v) is 17.5. The number of carbonyl (C=O) groups excluding carboxylic acids is 2. The molecular weight excluding hydrogens is 420 g/mol. The summed E-state index contributed by atoms with van der Waals surface area (Å²) < 4.78 is 0. The fraction of sp³-hybridized carbons (Fsp3) is 0.318. The second-order valence-corrected chi connectivity index (χ2v) is 8.16. The number of amides is 1. The largest absolute Gasteiger partial charge is 0.508 e. The zero-order valence-electron chi connectivity index (χ0n) is 16.6. The van der Waals surface area contributed by atoms with E-state index < -0.39 is 41.0 Å². The summed E-state index contributed by atoms with van der Waals surface area (Å²) in [5.74, 6) is -2.78. The molecule has 3 unspecified atom stereocenters. The Labute approximate surface area is 184 Å². The van der Waals surface area contributed by atoms with Crippen LogP contribution in [0.1, 0.15) is 30.0 Å². The summed E-state index contributed by atoms with van der Waals surface area (Å²) >= 11 is 4.42. The third-order valence-corrected chi connectivity index (χ3v) is 6.05. The van der Waals surface area contributed by atoms with Crippen molar-refractivity contribution in [2.24, 2.45) is 5.73 Å². The predicted octanol–water partition coefficient (Wildman–Crippen LogP) is 1.65. The molecule has 8 nitrogen and oxygen atoms in total. The van der Waals surface area contributed by atoms with Crippen molar-refractivity contribution in [3.05, 3.63) is 59.7 Å². The van der Waals surface area contributed by atoms with Crippen molar-refractivity contribution in [2.45, 2.75) is 36.1 Å². The molecule has 1 saturated heterocycles. The van der Waals surface area contributed by atoms with Gasteiger partial charge in [0.1, 0.15) is 11.5 Å². The summed E-state index contributed by atoms with van der Waals surface area (Å²) in [7, 11) is 0. The van der Waals surface area contributed by atoms with E-state index in [1.807, 2.05) is 0 Å². The van der Waals surface area contributed by atoms with Crippen molar-refractivity contribution in [2.75, 3.05) is 6.54 Å². The van der Waals surface area contributed by atoms with Crippen LogP contribution in [0.4, 0.5) is 0 Å². The van der Waals surface area contributed by atoms with Crippen LogP contribution in [-0.4, -0.2) is 55.2 Å². The molecule has 2 aromatic rings. The first kappa shape index (κ1) is 22.6. The van der Waals surface area contributed by atoms with Crippen LogP contribution in [0, 0.1) is 0 Å². The second kappa shape index (κ2) is 8.99. The number of aliphatic carboxylic acids is 1. The predicted molar refractivity (Wildman–Crippen MR) is 116 cm³/mol. The molecule has 3 atom stereocenters. The summed E-state index contributed by atoms with van der Waals surface area (Å²) in [6, 6.07) is 11.7. The lowest BCUT2D eigenvalue weighted by atomic mass is 9.90. The Hall–Kier alpha value is -3.04. The van der Waals surface area contributed by atoms with Gasteiger partial charge in [-0.2, -0.15) is 12.6 Å². The van der Waals surface area contributed by atoms with Crippen molar-refractivity contribution in [1.29, 1.82) is 0 Å². The third kappa shape index (κ3) is 4.24. The molecule has 2 aromatic carbocycles. The van der Waals surface area contributed by atoms with Gasteiger partial charge in [-0.25, -0.2) is 4.79 Å². The number of thiol groups is 1. The maximum absolute atomic E-state index is 13.5. The van der Waals surface area contributed by atoms with E-state index in [9.17, 15) is 29.7 Å². The number of aromatic hydroxyl groups is 2. The number of hydrogen-bond donors (Lipinski definition) is 5. The number of rotatable bonds is 7. The number of nitrogens with two attached hydrogens (primary N) is 1. The number of hydrogen-bond acceptors (Lipinski definition) is 7. The summed E-state index contributed by atoms with van der Waals surface area (Å²) in [5, 5.41) is 28.4. The van der Waals surface area contributed by atoms with Crippen LogP contribution in [0.3, 0.4) is 0 Å². The number of carbonyl (C=O) groups is 3. The minimum absolute atomic E-state index is 0.0330. The Balaban J connectivity index is 2.02. The van der Waals surface area contributed by atoms with Gasteiger partial charge in [0.15, 0.2) is 5.78 Å². The number of nitrogens with zero attached hydrogens (tertiary/aromatic N) is 1. The number of carboxylic acids is 1. The van der Waals surface area contributed by atoms with E-state index in [0.717, 1.165) is 4.90 Å². The summed E-state index contributed by atoms with van der Waals surface area (Å²) in [6.07, 6.45) is 0.287. The summed E-state index contributed by atoms with van der Waals surface area (Å²) in [6.45, 7) is -0.530. The van der Waals surface area contributed by atoms with Crippen LogP contribution in [0.5, 0.6) is 11.5 Å². The van der Waals surface area contributed by atoms with E-state index in [0.29, 0.717) is 11.1 Å². The van der Waals surface area contributed by atoms with Crippen molar-refractivity contribution < 1.29 is 29.7 Å². The van der Waals surface area contributed by atoms with Crippen LogP contribution in [0.25, 0.3) is 0 Å². The van der Waals surface area contributed by atoms with Crippen LogP contribution in [0.2, 0.25) is 0 Å². The lowest BCUT2D eigenvalue weighted by Crippen LogP contribution is -2.62. The highest BCUT2D eigenvalue weighted by molar-refractivity contribution is 7.81. The Morgan fingerprint density at radius 1 is 1.13 bits per heavy atom. The van der Waals surface area contributed by atoms with Gasteiger partial charge in [-0.3, -0.25) is 9.59 Å². The quantitative estimate of drug-likeness (QED) is 0.323. The maximum Gasteiger partial charge on any atom is 0.337 e. The molecule has 31 heavy (non-hydrogen) atoms. The molecule has 0 radical (unpaired) electrons. The van der Waals surface area contributed by atoms with Crippen LogP contribution in [-0.2, 0) is 20.8 Å². The van der Waals surface area contributed by atoms with Crippen molar-refractivity contribution in [3.8, 4) is 11.5 Å². The van der Waals surface area contributed by atoms with Gasteiger partial charge >= 0.3 is 5.97 Å². The fourth-order valence-corrected chi connectivity index (χ4v) is 4.46. The average molecular weight is 445 g/mol. The molecule has 1 fully saturated rings. The van der Waals surface area contributed by atoms with E-state index in [1.165, 1.54) is 24.3 Å². The first-order valence-electron chi connectivity index (χ1n) is 9.75. The SMILES string of the molecule is NCC(=O)C1(C(=O)O)CCC(c2cccc(O)c2)N1C(=O)C(S)Cc1ccc(O)cc1. The van der Waals surface area contributed by atoms with Gasteiger partial charge in [-0.1, -0.05) is 24.3 Å². The number of phenols is 2. The molecule has 5 N–H and O–H groups in total. The smallest absolute Gasteiger partial charge is 0.337 e. The van der Waals surface area contributed by atoms with E-state index in [4.69, 9.17) is 5.73 Å². The highest BCUT2D eigenvalue weighted by Gasteiger charge is 2.59. The van der Waals surface area contributed by atoms with Gasteiger partial charge in [0.25, 0.3) is 0 Å². The molecule has 1 aliphatic rings. The van der Waals surface area contributed by atoms with E-state index in [2.05, 4.69) is 12.6 Å². The number of ketones is 1. The van der Waals surface area contributed by atoms with Gasteiger partial charge in [-0.05, 0) is 54.7 Å². The standard InChI is InChI=1S/C22H24N2O6S/c23-12-19(27)22(21(29)30)9-8-17(14-2-1-3-16(26)11-14)24(22)20(28)18(31)10-13-4-6-15(25)7-5-13/h1-7,11,17-18,25-26,31H,8-10,12,23H2,(H,29,30). The van der Waals surface area contributed by atoms with Crippen LogP contribution >= 0.6 is 12.6 Å². The van der Waals surface area contributed by atoms with Gasteiger partial charge < -0.3 is 26.0 Å². The first-order valence-corrected chi connectivity index (χ1v) is 10.3. The number of Topliss-reactive ketones (excluding diaryl/α,β-unsaturated/α-hetero) is 1. The Morgan fingerprint density at radius 3 is 2.39 bits per heavy atom. The molecule has 1 heterocycles. The molecule has 0 aliphatic carbocycles. The Morgan fingerprint density at radius 2 is 1.81 bits per heavy atom. The minimum Gasteiger partial charge on any atom is -0.508 e. The number of carboxylic acid groups (broad SMARTS) is 1. The Kier molecular flexibility index (Phi) is 6.56. The van der Waals surface area contributed by atoms with Crippen molar-refractivity contribution >= 4 is 30.3 Å². The van der Waals surface area contributed by atoms with Crippen molar-refractivity contribution in [3.63, 3.8) is 0 Å². The molecule has 0 bridgehead atoms. The lowest BCUT2D eigenvalue weighted by Gasteiger charge is -2.38. The number of phenolic OH excluding ortho intramolecular Hbond substituents is 2. The monoisotopic (exact) mass is 444 g/mol. The van der Waals surface area contributed by atoms with E-state index >= 15 is 0 Å². The zero-order chi connectivity index (χ0) is 22.8. The van der Waals surface area contributed by atoms with E-state index in [-0.39, 0.29) is 30.8 Å². The molecule has 0 saturated carbocycles. The lowest BCUT2D eigenvalue weighted by molar-refractivity contribution is -0.163. The van der Waals surface area contributed by atoms with E-state index in [1.54, 1.807) is 24.3 Å². The highest BCUT2D eigenvalue weighted by Crippen LogP contribution is 2.45. The van der Waals surface area contributed by atoms with Crippen LogP contribution in [0.15, 0.2) is 48.5 Å². The third-order valence-electron chi connectivity index (χ3n) is 5.65. The number of benzene rings is 2. The molecule has 1 amide bonds. The number of likely N-dealkylation sites (tertiary alicyclic amines) is 1. The molecule has 0 aromatic heterocycles. The Bertz CT molecular complexity index is 996. The first-order chi connectivity index (χ1) is 14.7. The fourth-order valence-electron chi connectivity index (χ4n) is 4.13. The molecule has 164 valence electrons. The average Bonchev–Trinajstić information content (AvgIpc) is 3.16. The van der Waals surface area contributed by atoms with Gasteiger partial charge in [-0.15, -0.1) is 0 Å². The normalized spacial score (nSPS) is 21.6. The molecule has 0 spiro atoms. The topological polar surface area (TPSA) is 141 Å². The van der Waals surface area contributed by atoms with Gasteiger partial charge in [0.05, 0.1) is 17.8 Å². The minimum atomic E-state index is -2.10. The summed E-state index contributed by atoms with van der Waals surface area (Å²) in [5.41, 5.74) is 4.66. The second-order valence-electron chi connectivity index (χ2n) is 7.54. The molecular formula is C22H24N2O6S. The molecule has 3 rings (SSSR count). The molecule has 9 heteroatoms. The van der Waals surface area contributed by atoms with Crippen molar-refractivity contribution in [1.82, 2.24) is 4.90 Å². The summed E-state index contributed by atoms with van der Waals surface area (Å²) in [4.78, 5) is 39.7. The van der Waals surface area contributed by atoms with Crippen LogP contribution < -0.4 is 5.73 Å².